The summed E-state index contributed by atoms with van der Waals surface area (Å²) in [5, 5.41) is 3.18. The average molecular weight is 261 g/mol. The van der Waals surface area contributed by atoms with Crippen LogP contribution in [0.4, 0.5) is 5.82 Å². The first-order valence-corrected chi connectivity index (χ1v) is 7.44. The van der Waals surface area contributed by atoms with E-state index in [2.05, 4.69) is 10.3 Å². The first-order valence-electron chi connectivity index (χ1n) is 5.13. The lowest BCUT2D eigenvalue weighted by molar-refractivity contribution is 0.608. The lowest BCUT2D eigenvalue weighted by Gasteiger charge is -2.07. The van der Waals surface area contributed by atoms with Gasteiger partial charge in [0.15, 0.2) is 0 Å². The van der Waals surface area contributed by atoms with Crippen LogP contribution in [0.15, 0.2) is 17.0 Å². The van der Waals surface area contributed by atoms with Gasteiger partial charge in [0.05, 0.1) is 5.69 Å². The molecule has 1 aromatic rings. The van der Waals surface area contributed by atoms with Crippen molar-refractivity contribution in [1.82, 2.24) is 4.98 Å². The minimum atomic E-state index is -3.69. The molecule has 0 saturated heterocycles. The first kappa shape index (κ1) is 11.7. The van der Waals surface area contributed by atoms with Gasteiger partial charge in [0.25, 0.3) is 9.05 Å². The molecule has 1 N–H and O–H groups in total. The van der Waals surface area contributed by atoms with E-state index in [0.717, 1.165) is 12.5 Å². The molecule has 0 amide bonds. The zero-order valence-corrected chi connectivity index (χ0v) is 10.5. The molecule has 2 rings (SSSR count). The molecule has 0 aliphatic heterocycles. The molecule has 1 fully saturated rings. The van der Waals surface area contributed by atoms with E-state index in [1.165, 1.54) is 18.9 Å². The summed E-state index contributed by atoms with van der Waals surface area (Å²) in [6, 6.07) is 3.13. The van der Waals surface area contributed by atoms with Crippen LogP contribution in [0.5, 0.6) is 0 Å². The van der Waals surface area contributed by atoms with Gasteiger partial charge in [0.2, 0.25) is 0 Å². The first-order chi connectivity index (χ1) is 7.47. The second-order valence-electron chi connectivity index (χ2n) is 4.04. The molecule has 88 valence electrons. The van der Waals surface area contributed by atoms with E-state index in [4.69, 9.17) is 10.7 Å². The molecular weight excluding hydrogens is 248 g/mol. The van der Waals surface area contributed by atoms with E-state index in [1.54, 1.807) is 13.0 Å². The highest BCUT2D eigenvalue weighted by Gasteiger charge is 2.21. The molecule has 0 unspecified atom stereocenters. The summed E-state index contributed by atoms with van der Waals surface area (Å²) in [5.41, 5.74) is 0.427. The number of pyridine rings is 1. The number of rotatable bonds is 4. The molecule has 0 aromatic carbocycles. The van der Waals surface area contributed by atoms with Gasteiger partial charge in [-0.25, -0.2) is 13.4 Å². The zero-order valence-electron chi connectivity index (χ0n) is 8.90. The van der Waals surface area contributed by atoms with Gasteiger partial charge in [-0.2, -0.15) is 0 Å². The van der Waals surface area contributed by atoms with Crippen molar-refractivity contribution in [3.05, 3.63) is 17.8 Å². The second-order valence-corrected chi connectivity index (χ2v) is 6.58. The Morgan fingerprint density at radius 1 is 1.50 bits per heavy atom. The summed E-state index contributed by atoms with van der Waals surface area (Å²) in [7, 11) is 1.58. The fourth-order valence-corrected chi connectivity index (χ4v) is 2.59. The Bertz CT molecular complexity index is 498. The lowest BCUT2D eigenvalue weighted by atomic mass is 10.3. The standard InChI is InChI=1S/C10H13ClN2O2S/c1-7-9(16(11,14)15)4-5-10(13-7)12-6-8-2-3-8/h4-5,8H,2-3,6H2,1H3,(H,12,13). The topological polar surface area (TPSA) is 59.1 Å². The lowest BCUT2D eigenvalue weighted by Crippen LogP contribution is -2.06. The number of hydrogen-bond donors (Lipinski definition) is 1. The third kappa shape index (κ3) is 2.86. The van der Waals surface area contributed by atoms with Crippen molar-refractivity contribution in [2.45, 2.75) is 24.7 Å². The van der Waals surface area contributed by atoms with E-state index in [9.17, 15) is 8.42 Å². The predicted octanol–water partition coefficient (Wildman–Crippen LogP) is 2.14. The maximum atomic E-state index is 11.1. The van der Waals surface area contributed by atoms with E-state index in [0.29, 0.717) is 11.5 Å². The van der Waals surface area contributed by atoms with Gasteiger partial charge in [-0.1, -0.05) is 0 Å². The Hall–Kier alpha value is -0.810. The van der Waals surface area contributed by atoms with Gasteiger partial charge in [0, 0.05) is 17.2 Å². The maximum absolute atomic E-state index is 11.1. The quantitative estimate of drug-likeness (QED) is 0.843. The third-order valence-electron chi connectivity index (χ3n) is 2.57. The molecule has 16 heavy (non-hydrogen) atoms. The van der Waals surface area contributed by atoms with E-state index >= 15 is 0 Å². The van der Waals surface area contributed by atoms with Crippen LogP contribution in [-0.4, -0.2) is 19.9 Å². The minimum Gasteiger partial charge on any atom is -0.370 e. The largest absolute Gasteiger partial charge is 0.370 e. The monoisotopic (exact) mass is 260 g/mol. The molecule has 1 saturated carbocycles. The fourth-order valence-electron chi connectivity index (χ4n) is 1.48. The molecule has 6 heteroatoms. The number of halogens is 1. The minimum absolute atomic E-state index is 0.0751. The van der Waals surface area contributed by atoms with Crippen LogP contribution < -0.4 is 5.32 Å². The van der Waals surface area contributed by atoms with E-state index in [1.807, 2.05) is 0 Å². The van der Waals surface area contributed by atoms with Gasteiger partial charge in [-0.3, -0.25) is 0 Å². The van der Waals surface area contributed by atoms with E-state index in [-0.39, 0.29) is 4.90 Å². The number of aryl methyl sites for hydroxylation is 1. The van der Waals surface area contributed by atoms with Gasteiger partial charge >= 0.3 is 0 Å². The number of aromatic nitrogens is 1. The second kappa shape index (κ2) is 4.22. The average Bonchev–Trinajstić information content (AvgIpc) is 2.96. The Morgan fingerprint density at radius 3 is 2.69 bits per heavy atom. The Morgan fingerprint density at radius 2 is 2.19 bits per heavy atom. The van der Waals surface area contributed by atoms with Crippen LogP contribution in [0.2, 0.25) is 0 Å². The molecular formula is C10H13ClN2O2S. The van der Waals surface area contributed by atoms with Crippen LogP contribution in [0.1, 0.15) is 18.5 Å². The van der Waals surface area contributed by atoms with Crippen LogP contribution >= 0.6 is 10.7 Å². The molecule has 4 nitrogen and oxygen atoms in total. The summed E-state index contributed by atoms with van der Waals surface area (Å²) in [6.45, 7) is 2.54. The normalized spacial score (nSPS) is 16.1. The number of anilines is 1. The van der Waals surface area contributed by atoms with E-state index < -0.39 is 9.05 Å². The molecule has 0 bridgehead atoms. The molecule has 0 spiro atoms. The van der Waals surface area contributed by atoms with Crippen molar-refractivity contribution < 1.29 is 8.42 Å². The van der Waals surface area contributed by atoms with Gasteiger partial charge in [0.1, 0.15) is 10.7 Å². The van der Waals surface area contributed by atoms with Gasteiger partial charge < -0.3 is 5.32 Å². The highest BCUT2D eigenvalue weighted by Crippen LogP contribution is 2.29. The van der Waals surface area contributed by atoms with Crippen molar-refractivity contribution in [2.75, 3.05) is 11.9 Å². The highest BCUT2D eigenvalue weighted by molar-refractivity contribution is 8.13. The fraction of sp³-hybridized carbons (Fsp3) is 0.500. The number of nitrogens with zero attached hydrogens (tertiary/aromatic N) is 1. The van der Waals surface area contributed by atoms with Crippen molar-refractivity contribution in [2.24, 2.45) is 5.92 Å². The predicted molar refractivity (Wildman–Crippen MR) is 63.2 cm³/mol. The summed E-state index contributed by atoms with van der Waals surface area (Å²) < 4.78 is 22.3. The number of hydrogen-bond acceptors (Lipinski definition) is 4. The summed E-state index contributed by atoms with van der Waals surface area (Å²) in [6.07, 6.45) is 2.53. The van der Waals surface area contributed by atoms with Crippen molar-refractivity contribution in [3.63, 3.8) is 0 Å². The number of nitrogens with one attached hydrogen (secondary N) is 1. The van der Waals surface area contributed by atoms with Crippen molar-refractivity contribution in [3.8, 4) is 0 Å². The Balaban J connectivity index is 2.15. The van der Waals surface area contributed by atoms with Crippen molar-refractivity contribution >= 4 is 25.6 Å². The van der Waals surface area contributed by atoms with Crippen LogP contribution in [0.3, 0.4) is 0 Å². The Labute approximate surface area is 99.5 Å². The van der Waals surface area contributed by atoms with Gasteiger partial charge in [-0.15, -0.1) is 0 Å². The summed E-state index contributed by atoms with van der Waals surface area (Å²) in [4.78, 5) is 4.24. The SMILES string of the molecule is Cc1nc(NCC2CC2)ccc1S(=O)(=O)Cl. The third-order valence-corrected chi connectivity index (χ3v) is 4.02. The molecule has 1 aromatic heterocycles. The summed E-state index contributed by atoms with van der Waals surface area (Å²) >= 11 is 0. The maximum Gasteiger partial charge on any atom is 0.263 e. The molecule has 1 aliphatic rings. The van der Waals surface area contributed by atoms with Crippen LogP contribution in [-0.2, 0) is 9.05 Å². The molecule has 1 heterocycles. The molecule has 0 radical (unpaired) electrons. The molecule has 1 aliphatic carbocycles. The van der Waals surface area contributed by atoms with Crippen LogP contribution in [0, 0.1) is 12.8 Å². The highest BCUT2D eigenvalue weighted by atomic mass is 35.7. The molecule has 0 atom stereocenters. The Kier molecular flexibility index (Phi) is 3.08. The van der Waals surface area contributed by atoms with Gasteiger partial charge in [-0.05, 0) is 37.8 Å². The zero-order chi connectivity index (χ0) is 11.8. The van der Waals surface area contributed by atoms with Crippen molar-refractivity contribution in [1.29, 1.82) is 0 Å². The smallest absolute Gasteiger partial charge is 0.263 e. The van der Waals surface area contributed by atoms with Crippen LogP contribution in [0.25, 0.3) is 0 Å². The summed E-state index contributed by atoms with van der Waals surface area (Å²) in [5.74, 6) is 1.45.